The van der Waals surface area contributed by atoms with Crippen molar-refractivity contribution in [1.29, 1.82) is 0 Å². The molecule has 1 nitrogen and oxygen atoms in total. The predicted octanol–water partition coefficient (Wildman–Crippen LogP) is -0.119. The predicted molar refractivity (Wildman–Crippen MR) is 0.686 cm³/mol. The minimum Gasteiger partial charge on any atom is 0 e. The molecule has 0 atom stereocenters. The summed E-state index contributed by atoms with van der Waals surface area (Å²) in [6.07, 6.45) is 0. The topological polar surface area (TPSA) is 17.1 Å². The Morgan fingerprint density at radius 3 is 1.25 bits per heavy atom. The molecule has 0 heterocycles. The summed E-state index contributed by atoms with van der Waals surface area (Å²) in [5, 5.41) is 0. The first-order valence-electron chi connectivity index (χ1n) is 0.129. The Morgan fingerprint density at radius 2 is 1.25 bits per heavy atom. The van der Waals surface area contributed by atoms with Crippen molar-refractivity contribution in [2.24, 2.45) is 0 Å². The summed E-state index contributed by atoms with van der Waals surface area (Å²) in [4.78, 5) is 0. The second kappa shape index (κ2) is 15.8. The normalized spacial score (nSPS) is 1.50. The van der Waals surface area contributed by atoms with E-state index in [1.807, 2.05) is 0 Å². The molecule has 0 N–H and O–H groups in total. The Labute approximate surface area is 116 Å². The van der Waals surface area contributed by atoms with Gasteiger partial charge in [-0.1, -0.05) is 0 Å². The first-order valence-corrected chi connectivity index (χ1v) is 0.957. The number of rotatable bonds is 0. The molecule has 0 aliphatic carbocycles. The van der Waals surface area contributed by atoms with Crippen molar-refractivity contribution in [3.05, 3.63) is 0 Å². The quantitative estimate of drug-likeness (QED) is 0.490. The zero-order valence-electron chi connectivity index (χ0n) is 1.80. The summed E-state index contributed by atoms with van der Waals surface area (Å²) >= 11 is 0.889. The Hall–Kier alpha value is 3.79. The monoisotopic (exact) mass is 463 g/mol. The van der Waals surface area contributed by atoms with Crippen LogP contribution in [0.4, 0.5) is 0 Å². The van der Waals surface area contributed by atoms with Gasteiger partial charge in [0.2, 0.25) is 0 Å². The van der Waals surface area contributed by atoms with Crippen LogP contribution in [0.2, 0.25) is 0 Å². The molecule has 0 unspecified atom stereocenters. The number of hydrogen-bond acceptors (Lipinski definition) is 1. The van der Waals surface area contributed by atoms with Gasteiger partial charge in [-0.15, -0.1) is 0 Å². The van der Waals surface area contributed by atoms with Gasteiger partial charge in [0.1, 0.15) is 0 Å². The van der Waals surface area contributed by atoms with Gasteiger partial charge in [0.05, 0.1) is 0 Å². The molecule has 0 saturated carbocycles. The van der Waals surface area contributed by atoms with Gasteiger partial charge in [0.15, 0.2) is 0 Å². The van der Waals surface area contributed by atoms with E-state index in [0.717, 1.165) is 36.3 Å². The van der Waals surface area contributed by atoms with Crippen LogP contribution in [0.3, 0.4) is 0 Å². The Morgan fingerprint density at radius 1 is 1.25 bits per heavy atom. The van der Waals surface area contributed by atoms with Gasteiger partial charge in [-0.05, 0) is 0 Å². The zero-order chi connectivity index (χ0) is 2.00. The first-order chi connectivity index (χ1) is 1.00. The van der Waals surface area contributed by atoms with Gasteiger partial charge < -0.3 is 0 Å². The van der Waals surface area contributed by atoms with Crippen LogP contribution in [0.5, 0.6) is 0 Å². The molecule has 0 aliphatic rings. The first kappa shape index (κ1) is 15.7. The van der Waals surface area contributed by atoms with Crippen LogP contribution in [-0.4, -0.2) is 0 Å². The molecule has 0 rings (SSSR count). The van der Waals surface area contributed by atoms with E-state index < -0.39 is 0 Å². The smallest absolute Gasteiger partial charge is 0 e. The van der Waals surface area contributed by atoms with Crippen LogP contribution in [0.15, 0.2) is 0 Å². The molecule has 0 aromatic rings. The van der Waals surface area contributed by atoms with Crippen LogP contribution in [-0.2, 0) is 1.38 Å². The summed E-state index contributed by atoms with van der Waals surface area (Å²) in [7, 11) is 0. The van der Waals surface area contributed by atoms with E-state index in [2.05, 4.69) is 0 Å². The molecule has 0 aliphatic heterocycles. The fourth-order valence-electron chi connectivity index (χ4n) is 0. The van der Waals surface area contributed by atoms with E-state index in [4.69, 9.17) is 1.38 Å². The van der Waals surface area contributed by atoms with Gasteiger partial charge in [-0.3, -0.25) is 0 Å². The fraction of sp³-hybridized carbons (Fsp3) is 0. The van der Waals surface area contributed by atoms with E-state index in [0.29, 0.717) is 0 Å². The van der Waals surface area contributed by atoms with E-state index in [1.165, 1.54) is 0 Å². The summed E-state index contributed by atoms with van der Waals surface area (Å²) in [6.45, 7) is 0. The summed E-state index contributed by atoms with van der Waals surface area (Å²) in [5.74, 6) is 0. The second-order valence-electron chi connectivity index (χ2n) is 0. The molecule has 23 valence electrons. The van der Waals surface area contributed by atoms with Crippen molar-refractivity contribution in [3.63, 3.8) is 0 Å². The van der Waals surface area contributed by atoms with Crippen LogP contribution in [0.25, 0.3) is 0 Å². The summed E-state index contributed by atoms with van der Waals surface area (Å²) in [6, 6.07) is 0. The SMILES string of the molecule is [Nd].[O]=[Dy].[Pr]. The molecule has 0 bridgehead atoms. The van der Waals surface area contributed by atoms with Crippen LogP contribution < -0.4 is 0 Å². The van der Waals surface area contributed by atoms with Crippen molar-refractivity contribution in [2.75, 3.05) is 0 Å². The molecule has 4 heteroatoms. The van der Waals surface area contributed by atoms with Gasteiger partial charge >= 0.3 is 37.7 Å². The molecule has 0 spiro atoms. The third-order valence-electron chi connectivity index (χ3n) is 0. The fourth-order valence-corrected chi connectivity index (χ4v) is 0. The van der Waals surface area contributed by atoms with E-state index in [-0.39, 0.29) is 82.1 Å². The van der Waals surface area contributed by atoms with Gasteiger partial charge in [-0.2, -0.15) is 0 Å². The molecule has 1 radical (unpaired) electrons. The van der Waals surface area contributed by atoms with Crippen molar-refractivity contribution < 1.29 is 120 Å². The molecule has 0 aromatic carbocycles. The third kappa shape index (κ3) is 9.25. The number of hydrogen-bond donors (Lipinski definition) is 0. The van der Waals surface area contributed by atoms with Gasteiger partial charge in [0.25, 0.3) is 0 Å². The maximum Gasteiger partial charge on any atom is 0 e. The van der Waals surface area contributed by atoms with Crippen LogP contribution in [0.1, 0.15) is 0 Å². The van der Waals surface area contributed by atoms with Crippen molar-refractivity contribution >= 4 is 0 Å². The summed E-state index contributed by atoms with van der Waals surface area (Å²) in [5.41, 5.74) is 0. The van der Waals surface area contributed by atoms with Gasteiger partial charge in [-0.25, -0.2) is 0 Å². The molecule has 0 aromatic heterocycles. The average Bonchev–Trinajstić information content (AvgIpc) is 1.00. The minimum absolute atomic E-state index is 0. The Balaban J connectivity index is -0.00000000500. The minimum atomic E-state index is 0. The summed E-state index contributed by atoms with van der Waals surface area (Å²) < 4.78 is 8.22. The Kier molecular flexibility index (Phi) is 62.0. The Bertz CT molecular complexity index is 8.00. The average molecular weight is 464 g/mol. The van der Waals surface area contributed by atoms with E-state index in [9.17, 15) is 0 Å². The van der Waals surface area contributed by atoms with E-state index >= 15 is 0 Å². The standard InChI is InChI=1S/Dy.Nd.O.Pr. The molecule has 0 fully saturated rings. The molecule has 0 amide bonds. The largest absolute Gasteiger partial charge is 0 e. The van der Waals surface area contributed by atoms with Crippen molar-refractivity contribution in [1.82, 2.24) is 0 Å². The molecule has 4 heavy (non-hydrogen) atoms. The second-order valence-corrected chi connectivity index (χ2v) is 0. The van der Waals surface area contributed by atoms with Crippen molar-refractivity contribution in [2.45, 2.75) is 0 Å². The molecular weight excluding hydrogens is 464 g/mol. The van der Waals surface area contributed by atoms with Crippen LogP contribution >= 0.6 is 0 Å². The van der Waals surface area contributed by atoms with E-state index in [1.54, 1.807) is 0 Å². The third-order valence-corrected chi connectivity index (χ3v) is 0. The van der Waals surface area contributed by atoms with Gasteiger partial charge in [0, 0.05) is 82.1 Å². The zero-order valence-corrected chi connectivity index (χ0v) is 10.7. The maximum absolute atomic E-state index is 8.22. The molecule has 0 saturated heterocycles. The van der Waals surface area contributed by atoms with Crippen molar-refractivity contribution in [3.8, 4) is 0 Å². The molecular formula is DyNdOPr. The van der Waals surface area contributed by atoms with Crippen LogP contribution in [0, 0.1) is 118 Å². The maximum atomic E-state index is 8.22.